The van der Waals surface area contributed by atoms with Gasteiger partial charge in [-0.2, -0.15) is 0 Å². The molecule has 2 N–H and O–H groups in total. The number of methoxy groups -OCH3 is 1. The Morgan fingerprint density at radius 1 is 1.68 bits per heavy atom. The van der Waals surface area contributed by atoms with Crippen molar-refractivity contribution >= 4 is 29.7 Å². The molecular formula is C13H21ClN2O2S. The molecular weight excluding hydrogens is 284 g/mol. The number of hydrogen-bond acceptors (Lipinski definition) is 4. The third-order valence-corrected chi connectivity index (χ3v) is 4.54. The molecule has 1 amide bonds. The number of halogens is 1. The van der Waals surface area contributed by atoms with Crippen LogP contribution in [0.1, 0.15) is 29.8 Å². The Hall–Kier alpha value is -0.620. The molecule has 2 heterocycles. The zero-order valence-corrected chi connectivity index (χ0v) is 12.9. The molecule has 2 unspecified atom stereocenters. The minimum absolute atomic E-state index is 0. The number of carbonyl (C=O) groups excluding carboxylic acids is 1. The highest BCUT2D eigenvalue weighted by Gasteiger charge is 2.33. The van der Waals surface area contributed by atoms with Gasteiger partial charge in [0, 0.05) is 25.1 Å². The molecule has 0 saturated carbocycles. The highest BCUT2D eigenvalue weighted by molar-refractivity contribution is 7.10. The topological polar surface area (TPSA) is 55.6 Å². The monoisotopic (exact) mass is 304 g/mol. The minimum Gasteiger partial charge on any atom is -0.370 e. The summed E-state index contributed by atoms with van der Waals surface area (Å²) in [4.78, 5) is 15.7. The zero-order valence-electron chi connectivity index (χ0n) is 11.3. The van der Waals surface area contributed by atoms with Crippen molar-refractivity contribution in [2.24, 2.45) is 5.73 Å². The van der Waals surface area contributed by atoms with Crippen LogP contribution in [0.4, 0.5) is 0 Å². The highest BCUT2D eigenvalue weighted by Crippen LogP contribution is 2.35. The Balaban J connectivity index is 0.00000180. The summed E-state index contributed by atoms with van der Waals surface area (Å²) < 4.78 is 5.16. The van der Waals surface area contributed by atoms with Crippen LogP contribution in [0.25, 0.3) is 0 Å². The lowest BCUT2D eigenvalue weighted by Gasteiger charge is -2.37. The van der Waals surface area contributed by atoms with Crippen molar-refractivity contribution in [3.63, 3.8) is 0 Å². The molecule has 0 aliphatic carbocycles. The van der Waals surface area contributed by atoms with Gasteiger partial charge in [0.2, 0.25) is 0 Å². The molecule has 0 fully saturated rings. The summed E-state index contributed by atoms with van der Waals surface area (Å²) in [5.41, 5.74) is 6.88. The fraction of sp³-hybridized carbons (Fsp3) is 0.615. The van der Waals surface area contributed by atoms with E-state index >= 15 is 0 Å². The van der Waals surface area contributed by atoms with Crippen LogP contribution in [0.3, 0.4) is 0 Å². The Kier molecular flexibility index (Phi) is 6.26. The van der Waals surface area contributed by atoms with Crippen LogP contribution >= 0.6 is 23.7 Å². The van der Waals surface area contributed by atoms with E-state index in [-0.39, 0.29) is 30.9 Å². The van der Waals surface area contributed by atoms with Crippen LogP contribution in [-0.2, 0) is 16.0 Å². The molecule has 1 aliphatic rings. The lowest BCUT2D eigenvalue weighted by molar-refractivity contribution is -0.144. The number of rotatable bonds is 4. The third-order valence-electron chi connectivity index (χ3n) is 3.54. The van der Waals surface area contributed by atoms with Gasteiger partial charge >= 0.3 is 0 Å². The second-order valence-corrected chi connectivity index (χ2v) is 5.47. The molecule has 2 rings (SSSR count). The predicted octanol–water partition coefficient (Wildman–Crippen LogP) is 1.98. The Morgan fingerprint density at radius 2 is 2.42 bits per heavy atom. The Labute approximate surface area is 124 Å². The third kappa shape index (κ3) is 3.11. The lowest BCUT2D eigenvalue weighted by atomic mass is 9.97. The van der Waals surface area contributed by atoms with Crippen LogP contribution < -0.4 is 5.73 Å². The first-order chi connectivity index (χ1) is 8.72. The van der Waals surface area contributed by atoms with E-state index < -0.39 is 6.10 Å². The Morgan fingerprint density at radius 3 is 3.00 bits per heavy atom. The first kappa shape index (κ1) is 16.4. The molecule has 2 atom stereocenters. The summed E-state index contributed by atoms with van der Waals surface area (Å²) in [5.74, 6) is 0.0173. The molecule has 0 bridgehead atoms. The van der Waals surface area contributed by atoms with Crippen LogP contribution in [0.15, 0.2) is 11.4 Å². The molecule has 6 heteroatoms. The summed E-state index contributed by atoms with van der Waals surface area (Å²) >= 11 is 1.78. The maximum absolute atomic E-state index is 12.4. The number of fused-ring (bicyclic) bond motifs is 1. The standard InChI is InChI=1S/C13H20N2O2S.ClH/c1-3-10-9-5-7-18-12(9)4-6-15(10)13(16)11(8-14)17-2;/h5,7,10-11H,3-4,6,8,14H2,1-2H3;1H. The maximum atomic E-state index is 12.4. The molecule has 1 aromatic rings. The number of thiophene rings is 1. The zero-order chi connectivity index (χ0) is 13.1. The number of amides is 1. The van der Waals surface area contributed by atoms with E-state index in [1.165, 1.54) is 17.6 Å². The van der Waals surface area contributed by atoms with Gasteiger partial charge in [-0.1, -0.05) is 6.92 Å². The quantitative estimate of drug-likeness (QED) is 0.925. The summed E-state index contributed by atoms with van der Waals surface area (Å²) in [6, 6.07) is 2.31. The SMILES string of the molecule is CCC1c2ccsc2CCN1C(=O)C(CN)OC.Cl. The van der Waals surface area contributed by atoms with Gasteiger partial charge < -0.3 is 15.4 Å². The predicted molar refractivity (Wildman–Crippen MR) is 79.9 cm³/mol. The number of hydrogen-bond donors (Lipinski definition) is 1. The Bertz CT molecular complexity index is 421. The van der Waals surface area contributed by atoms with E-state index in [9.17, 15) is 4.79 Å². The molecule has 4 nitrogen and oxygen atoms in total. The van der Waals surface area contributed by atoms with Crippen molar-refractivity contribution in [1.82, 2.24) is 4.90 Å². The van der Waals surface area contributed by atoms with E-state index in [1.807, 2.05) is 4.90 Å². The number of ether oxygens (including phenoxy) is 1. The van der Waals surface area contributed by atoms with Crippen molar-refractivity contribution in [3.8, 4) is 0 Å². The molecule has 0 aromatic carbocycles. The normalized spacial score (nSPS) is 19.5. The second kappa shape index (κ2) is 7.24. The van der Waals surface area contributed by atoms with E-state index in [0.717, 1.165) is 19.4 Å². The molecule has 1 aromatic heterocycles. The van der Waals surface area contributed by atoms with Crippen LogP contribution in [0.2, 0.25) is 0 Å². The van der Waals surface area contributed by atoms with Crippen LogP contribution in [0, 0.1) is 0 Å². The van der Waals surface area contributed by atoms with Gasteiger partial charge in [0.25, 0.3) is 5.91 Å². The molecule has 108 valence electrons. The van der Waals surface area contributed by atoms with E-state index in [2.05, 4.69) is 18.4 Å². The molecule has 0 radical (unpaired) electrons. The summed E-state index contributed by atoms with van der Waals surface area (Å²) in [6.07, 6.45) is 1.35. The van der Waals surface area contributed by atoms with Gasteiger partial charge in [0.1, 0.15) is 6.10 Å². The van der Waals surface area contributed by atoms with Crippen LogP contribution in [-0.4, -0.2) is 37.1 Å². The number of carbonyl (C=O) groups is 1. The fourth-order valence-corrected chi connectivity index (χ4v) is 3.51. The fourth-order valence-electron chi connectivity index (χ4n) is 2.58. The lowest BCUT2D eigenvalue weighted by Crippen LogP contribution is -2.47. The van der Waals surface area contributed by atoms with Crippen molar-refractivity contribution in [2.45, 2.75) is 31.9 Å². The molecule has 1 aliphatic heterocycles. The minimum atomic E-state index is -0.515. The van der Waals surface area contributed by atoms with Gasteiger partial charge in [-0.25, -0.2) is 0 Å². The molecule has 0 spiro atoms. The molecule has 19 heavy (non-hydrogen) atoms. The second-order valence-electron chi connectivity index (χ2n) is 4.46. The summed E-state index contributed by atoms with van der Waals surface area (Å²) in [5, 5.41) is 2.11. The van der Waals surface area contributed by atoms with E-state index in [0.29, 0.717) is 0 Å². The number of nitrogens with two attached hydrogens (primary N) is 1. The molecule has 0 saturated heterocycles. The van der Waals surface area contributed by atoms with Crippen LogP contribution in [0.5, 0.6) is 0 Å². The first-order valence-electron chi connectivity index (χ1n) is 6.32. The average Bonchev–Trinajstić information content (AvgIpc) is 2.86. The van der Waals surface area contributed by atoms with Gasteiger partial charge in [0.15, 0.2) is 0 Å². The van der Waals surface area contributed by atoms with E-state index in [1.54, 1.807) is 11.3 Å². The number of nitrogens with zero attached hydrogens (tertiary/aromatic N) is 1. The van der Waals surface area contributed by atoms with Crippen molar-refractivity contribution in [3.05, 3.63) is 21.9 Å². The van der Waals surface area contributed by atoms with Crippen molar-refractivity contribution in [1.29, 1.82) is 0 Å². The smallest absolute Gasteiger partial charge is 0.253 e. The van der Waals surface area contributed by atoms with Gasteiger partial charge in [-0.3, -0.25) is 4.79 Å². The highest BCUT2D eigenvalue weighted by atomic mass is 35.5. The van der Waals surface area contributed by atoms with Gasteiger partial charge in [-0.15, -0.1) is 23.7 Å². The first-order valence-corrected chi connectivity index (χ1v) is 7.20. The summed E-state index contributed by atoms with van der Waals surface area (Å²) in [7, 11) is 1.54. The summed E-state index contributed by atoms with van der Waals surface area (Å²) in [6.45, 7) is 3.12. The van der Waals surface area contributed by atoms with Crippen molar-refractivity contribution in [2.75, 3.05) is 20.2 Å². The van der Waals surface area contributed by atoms with Gasteiger partial charge in [0.05, 0.1) is 6.04 Å². The largest absolute Gasteiger partial charge is 0.370 e. The average molecular weight is 305 g/mol. The van der Waals surface area contributed by atoms with E-state index in [4.69, 9.17) is 10.5 Å². The van der Waals surface area contributed by atoms with Gasteiger partial charge in [-0.05, 0) is 29.9 Å². The maximum Gasteiger partial charge on any atom is 0.253 e. The van der Waals surface area contributed by atoms with Crippen molar-refractivity contribution < 1.29 is 9.53 Å².